The van der Waals surface area contributed by atoms with Gasteiger partial charge in [0, 0.05) is 17.8 Å². The minimum Gasteiger partial charge on any atom is -0.356 e. The van der Waals surface area contributed by atoms with Crippen LogP contribution >= 0.6 is 0 Å². The summed E-state index contributed by atoms with van der Waals surface area (Å²) in [6, 6.07) is 10.1. The highest BCUT2D eigenvalue weighted by Gasteiger charge is 2.18. The summed E-state index contributed by atoms with van der Waals surface area (Å²) in [6.45, 7) is 0. The Bertz CT molecular complexity index is 801. The van der Waals surface area contributed by atoms with Crippen molar-refractivity contribution >= 4 is 29.4 Å². The molecule has 0 spiro atoms. The summed E-state index contributed by atoms with van der Waals surface area (Å²) in [7, 11) is 0. The standard InChI is InChI=1S/C15H11N3O5/c19-10-12-4-2-1-3-11(12)7-8-16-14-6-5-13(17(20)21)9-15(14)18(22)23/h1-10,16H/b8-7+. The fraction of sp³-hybridized carbons (Fsp3) is 0. The lowest BCUT2D eigenvalue weighted by Crippen LogP contribution is -1.98. The van der Waals surface area contributed by atoms with Crippen LogP contribution < -0.4 is 5.32 Å². The van der Waals surface area contributed by atoms with Gasteiger partial charge < -0.3 is 5.32 Å². The van der Waals surface area contributed by atoms with E-state index in [-0.39, 0.29) is 11.4 Å². The molecule has 0 bridgehead atoms. The molecular formula is C15H11N3O5. The summed E-state index contributed by atoms with van der Waals surface area (Å²) in [5, 5.41) is 24.4. The summed E-state index contributed by atoms with van der Waals surface area (Å²) in [4.78, 5) is 31.2. The Morgan fingerprint density at radius 1 is 0.957 bits per heavy atom. The molecule has 116 valence electrons. The molecule has 0 atom stereocenters. The van der Waals surface area contributed by atoms with Crippen molar-refractivity contribution in [1.29, 1.82) is 0 Å². The van der Waals surface area contributed by atoms with Crippen LogP contribution in [0.15, 0.2) is 48.7 Å². The number of hydrogen-bond acceptors (Lipinski definition) is 6. The third-order valence-corrected chi connectivity index (χ3v) is 3.01. The van der Waals surface area contributed by atoms with E-state index in [9.17, 15) is 25.0 Å². The van der Waals surface area contributed by atoms with Gasteiger partial charge >= 0.3 is 0 Å². The van der Waals surface area contributed by atoms with E-state index in [1.165, 1.54) is 18.3 Å². The fourth-order valence-corrected chi connectivity index (χ4v) is 1.90. The molecule has 0 aliphatic heterocycles. The average Bonchev–Trinajstić information content (AvgIpc) is 2.55. The quantitative estimate of drug-likeness (QED) is 0.496. The molecule has 0 aliphatic rings. The Hall–Kier alpha value is -3.55. The Balaban J connectivity index is 2.26. The maximum Gasteiger partial charge on any atom is 0.299 e. The highest BCUT2D eigenvalue weighted by atomic mass is 16.6. The molecule has 1 N–H and O–H groups in total. The molecule has 0 heterocycles. The number of benzene rings is 2. The number of carbonyl (C=O) groups excluding carboxylic acids is 1. The number of carbonyl (C=O) groups is 1. The highest BCUT2D eigenvalue weighted by molar-refractivity contribution is 5.82. The monoisotopic (exact) mass is 313 g/mol. The van der Waals surface area contributed by atoms with E-state index in [2.05, 4.69) is 5.32 Å². The van der Waals surface area contributed by atoms with Crippen LogP contribution in [0.5, 0.6) is 0 Å². The number of rotatable bonds is 6. The van der Waals surface area contributed by atoms with Crippen LogP contribution in [0.4, 0.5) is 17.1 Å². The van der Waals surface area contributed by atoms with Crippen molar-refractivity contribution in [3.63, 3.8) is 0 Å². The first-order valence-electron chi connectivity index (χ1n) is 6.43. The lowest BCUT2D eigenvalue weighted by molar-refractivity contribution is -0.393. The molecule has 8 nitrogen and oxygen atoms in total. The van der Waals surface area contributed by atoms with E-state index >= 15 is 0 Å². The van der Waals surface area contributed by atoms with Crippen molar-refractivity contribution in [2.75, 3.05) is 5.32 Å². The third kappa shape index (κ3) is 3.76. The molecule has 2 rings (SSSR count). The second kappa shape index (κ2) is 6.94. The molecule has 0 saturated carbocycles. The van der Waals surface area contributed by atoms with Gasteiger partial charge in [-0.1, -0.05) is 24.3 Å². The fourth-order valence-electron chi connectivity index (χ4n) is 1.90. The predicted octanol–water partition coefficient (Wildman–Crippen LogP) is 3.40. The van der Waals surface area contributed by atoms with Gasteiger partial charge in [-0.25, -0.2) is 0 Å². The summed E-state index contributed by atoms with van der Waals surface area (Å²) in [5.74, 6) is 0. The Morgan fingerprint density at radius 2 is 1.65 bits per heavy atom. The molecule has 0 saturated heterocycles. The molecule has 23 heavy (non-hydrogen) atoms. The maximum absolute atomic E-state index is 11.0. The zero-order valence-electron chi connectivity index (χ0n) is 11.7. The lowest BCUT2D eigenvalue weighted by Gasteiger charge is -2.03. The molecule has 2 aromatic rings. The van der Waals surface area contributed by atoms with Crippen LogP contribution in [-0.2, 0) is 0 Å². The van der Waals surface area contributed by atoms with E-state index < -0.39 is 15.5 Å². The van der Waals surface area contributed by atoms with Crippen LogP contribution in [0.1, 0.15) is 15.9 Å². The predicted molar refractivity (Wildman–Crippen MR) is 84.2 cm³/mol. The van der Waals surface area contributed by atoms with Crippen LogP contribution in [0, 0.1) is 20.2 Å². The number of nitrogens with one attached hydrogen (secondary N) is 1. The Labute approximate surface area is 130 Å². The Morgan fingerprint density at radius 3 is 2.26 bits per heavy atom. The van der Waals surface area contributed by atoms with Crippen LogP contribution in [0.2, 0.25) is 0 Å². The van der Waals surface area contributed by atoms with Gasteiger partial charge in [-0.2, -0.15) is 0 Å². The van der Waals surface area contributed by atoms with Crippen LogP contribution in [0.25, 0.3) is 6.08 Å². The van der Waals surface area contributed by atoms with E-state index in [0.29, 0.717) is 17.4 Å². The molecule has 0 amide bonds. The first-order valence-corrected chi connectivity index (χ1v) is 6.43. The van der Waals surface area contributed by atoms with Gasteiger partial charge in [-0.3, -0.25) is 25.0 Å². The van der Waals surface area contributed by atoms with Gasteiger partial charge in [0.15, 0.2) is 6.29 Å². The SMILES string of the molecule is O=Cc1ccccc1/C=C/Nc1ccc([N+](=O)[O-])cc1[N+](=O)[O-]. The number of anilines is 1. The second-order valence-corrected chi connectivity index (χ2v) is 4.44. The zero-order valence-corrected chi connectivity index (χ0v) is 11.7. The zero-order chi connectivity index (χ0) is 16.8. The first kappa shape index (κ1) is 15.8. The van der Waals surface area contributed by atoms with Crippen molar-refractivity contribution in [3.05, 3.63) is 80.0 Å². The van der Waals surface area contributed by atoms with Crippen molar-refractivity contribution in [2.45, 2.75) is 0 Å². The third-order valence-electron chi connectivity index (χ3n) is 3.01. The smallest absolute Gasteiger partial charge is 0.299 e. The van der Waals surface area contributed by atoms with Crippen molar-refractivity contribution in [1.82, 2.24) is 0 Å². The molecule has 8 heteroatoms. The molecule has 0 aliphatic carbocycles. The largest absolute Gasteiger partial charge is 0.356 e. The highest BCUT2D eigenvalue weighted by Crippen LogP contribution is 2.29. The van der Waals surface area contributed by atoms with E-state index in [1.54, 1.807) is 30.3 Å². The molecule has 2 aromatic carbocycles. The van der Waals surface area contributed by atoms with Gasteiger partial charge in [-0.05, 0) is 17.7 Å². The summed E-state index contributed by atoms with van der Waals surface area (Å²) < 4.78 is 0. The molecule has 0 radical (unpaired) electrons. The van der Waals surface area contributed by atoms with Gasteiger partial charge in [0.1, 0.15) is 5.69 Å². The summed E-state index contributed by atoms with van der Waals surface area (Å²) in [5.41, 5.74) is 0.453. The number of nitro benzene ring substituents is 2. The van der Waals surface area contributed by atoms with E-state index in [0.717, 1.165) is 6.07 Å². The number of non-ortho nitro benzene ring substituents is 1. The average molecular weight is 313 g/mol. The number of nitro groups is 2. The molecule has 0 fully saturated rings. The topological polar surface area (TPSA) is 115 Å². The maximum atomic E-state index is 11.0. The minimum atomic E-state index is -0.706. The lowest BCUT2D eigenvalue weighted by atomic mass is 10.1. The van der Waals surface area contributed by atoms with E-state index in [1.807, 2.05) is 0 Å². The number of hydrogen-bond donors (Lipinski definition) is 1. The van der Waals surface area contributed by atoms with Gasteiger partial charge in [0.05, 0.1) is 15.9 Å². The normalized spacial score (nSPS) is 10.4. The van der Waals surface area contributed by atoms with Gasteiger partial charge in [-0.15, -0.1) is 0 Å². The van der Waals surface area contributed by atoms with Crippen molar-refractivity contribution < 1.29 is 14.6 Å². The molecule has 0 aromatic heterocycles. The number of aldehydes is 1. The minimum absolute atomic E-state index is 0.112. The number of nitrogens with zero attached hydrogens (tertiary/aromatic N) is 2. The first-order chi connectivity index (χ1) is 11.0. The van der Waals surface area contributed by atoms with Gasteiger partial charge in [0.2, 0.25) is 0 Å². The Kier molecular flexibility index (Phi) is 4.78. The van der Waals surface area contributed by atoms with Gasteiger partial charge in [0.25, 0.3) is 11.4 Å². The van der Waals surface area contributed by atoms with Crippen LogP contribution in [0.3, 0.4) is 0 Å². The summed E-state index contributed by atoms with van der Waals surface area (Å²) in [6.07, 6.45) is 3.71. The van der Waals surface area contributed by atoms with Crippen LogP contribution in [-0.4, -0.2) is 16.1 Å². The molecule has 0 unspecified atom stereocenters. The summed E-state index contributed by atoms with van der Waals surface area (Å²) >= 11 is 0. The molecular weight excluding hydrogens is 302 g/mol. The van der Waals surface area contributed by atoms with E-state index in [4.69, 9.17) is 0 Å². The van der Waals surface area contributed by atoms with Crippen molar-refractivity contribution in [2.24, 2.45) is 0 Å². The second-order valence-electron chi connectivity index (χ2n) is 4.44. The van der Waals surface area contributed by atoms with Crippen molar-refractivity contribution in [3.8, 4) is 0 Å².